The van der Waals surface area contributed by atoms with Crippen LogP contribution in [-0.4, -0.2) is 24.7 Å². The summed E-state index contributed by atoms with van der Waals surface area (Å²) in [7, 11) is -3.65. The maximum Gasteiger partial charge on any atom is 0.264 e. The Labute approximate surface area is 161 Å². The number of nitrogens with zero attached hydrogens (tertiary/aromatic N) is 1. The first kappa shape index (κ1) is 19.3. The second kappa shape index (κ2) is 8.03. The largest absolute Gasteiger partial charge is 0.491 e. The summed E-state index contributed by atoms with van der Waals surface area (Å²) >= 11 is 1.09. The molecule has 0 unspecified atom stereocenters. The summed E-state index contributed by atoms with van der Waals surface area (Å²) in [4.78, 5) is 11.7. The van der Waals surface area contributed by atoms with Gasteiger partial charge in [0.15, 0.2) is 0 Å². The average Bonchev–Trinajstić information content (AvgIpc) is 3.12. The average molecular weight is 406 g/mol. The lowest BCUT2D eigenvalue weighted by molar-refractivity contribution is 0.242. The van der Waals surface area contributed by atoms with Gasteiger partial charge < -0.3 is 4.74 Å². The van der Waals surface area contributed by atoms with E-state index in [9.17, 15) is 13.2 Å². The highest BCUT2D eigenvalue weighted by atomic mass is 32.2. The van der Waals surface area contributed by atoms with E-state index in [1.165, 1.54) is 12.1 Å². The summed E-state index contributed by atoms with van der Waals surface area (Å²) in [6, 6.07) is 13.4. The second-order valence-corrected chi connectivity index (χ2v) is 9.14. The van der Waals surface area contributed by atoms with Gasteiger partial charge in [-0.2, -0.15) is 5.10 Å². The summed E-state index contributed by atoms with van der Waals surface area (Å²) in [5.41, 5.74) is 1.03. The molecule has 2 N–H and O–H groups in total. The minimum absolute atomic E-state index is 0.0827. The third kappa shape index (κ3) is 5.03. The molecule has 0 aliphatic carbocycles. The Bertz CT molecular complexity index is 1050. The highest BCUT2D eigenvalue weighted by Crippen LogP contribution is 2.28. The molecule has 1 aromatic carbocycles. The summed E-state index contributed by atoms with van der Waals surface area (Å²) in [6.45, 7) is 4.06. The molecule has 0 atom stereocenters. The van der Waals surface area contributed by atoms with Gasteiger partial charge in [0, 0.05) is 12.6 Å². The Kier molecular flexibility index (Phi) is 5.73. The quantitative estimate of drug-likeness (QED) is 0.629. The highest BCUT2D eigenvalue weighted by molar-refractivity contribution is 7.91. The Morgan fingerprint density at radius 3 is 2.48 bits per heavy atom. The van der Waals surface area contributed by atoms with Crippen LogP contribution in [0.1, 0.15) is 19.4 Å². The Morgan fingerprint density at radius 2 is 1.85 bits per heavy atom. The van der Waals surface area contributed by atoms with Crippen molar-refractivity contribution < 1.29 is 13.2 Å². The number of ether oxygens (including phenoxy) is 1. The van der Waals surface area contributed by atoms with Crippen LogP contribution in [0, 0.1) is 0 Å². The molecule has 0 fully saturated rings. The van der Waals surface area contributed by atoms with Gasteiger partial charge in [0.2, 0.25) is 10.0 Å². The fourth-order valence-corrected chi connectivity index (χ4v) is 4.63. The standard InChI is InChI=1S/C18H19N3O4S2/c1-12(2)25-14-5-3-13(4-6-14)11-19-27(23,24)18-10-8-16(26-18)15-7-9-17(22)21-20-15/h3-10,12,19H,11H2,1-2H3,(H,21,22). The van der Waals surface area contributed by atoms with Crippen LogP contribution in [-0.2, 0) is 16.6 Å². The van der Waals surface area contributed by atoms with Crippen LogP contribution in [0.3, 0.4) is 0 Å². The van der Waals surface area contributed by atoms with Crippen LogP contribution in [0.25, 0.3) is 10.6 Å². The van der Waals surface area contributed by atoms with Crippen LogP contribution in [0.15, 0.2) is 57.5 Å². The summed E-state index contributed by atoms with van der Waals surface area (Å²) in [6.07, 6.45) is 0.0827. The monoisotopic (exact) mass is 405 g/mol. The molecule has 2 aromatic heterocycles. The Hall–Kier alpha value is -2.49. The van der Waals surface area contributed by atoms with E-state index in [0.29, 0.717) is 10.6 Å². The summed E-state index contributed by atoms with van der Waals surface area (Å²) < 4.78 is 33.4. The van der Waals surface area contributed by atoms with E-state index in [4.69, 9.17) is 4.74 Å². The molecule has 142 valence electrons. The molecule has 2 heterocycles. The lowest BCUT2D eigenvalue weighted by atomic mass is 10.2. The van der Waals surface area contributed by atoms with Crippen molar-refractivity contribution in [3.05, 3.63) is 64.4 Å². The minimum atomic E-state index is -3.65. The lowest BCUT2D eigenvalue weighted by Gasteiger charge is -2.10. The number of thiophene rings is 1. The number of nitrogens with one attached hydrogen (secondary N) is 2. The van der Waals surface area contributed by atoms with E-state index in [2.05, 4.69) is 14.9 Å². The molecule has 0 bridgehead atoms. The van der Waals surface area contributed by atoms with Crippen molar-refractivity contribution in [2.45, 2.75) is 30.7 Å². The van der Waals surface area contributed by atoms with Gasteiger partial charge in [0.05, 0.1) is 11.0 Å². The lowest BCUT2D eigenvalue weighted by Crippen LogP contribution is -2.22. The second-order valence-electron chi connectivity index (χ2n) is 6.06. The van der Waals surface area contributed by atoms with E-state index in [1.54, 1.807) is 12.1 Å². The van der Waals surface area contributed by atoms with Crippen LogP contribution >= 0.6 is 11.3 Å². The smallest absolute Gasteiger partial charge is 0.264 e. The van der Waals surface area contributed by atoms with E-state index in [-0.39, 0.29) is 22.4 Å². The van der Waals surface area contributed by atoms with Gasteiger partial charge in [-0.15, -0.1) is 11.3 Å². The molecule has 3 aromatic rings. The number of hydrogen-bond acceptors (Lipinski definition) is 6. The van der Waals surface area contributed by atoms with Gasteiger partial charge in [-0.1, -0.05) is 12.1 Å². The van der Waals surface area contributed by atoms with E-state index < -0.39 is 10.0 Å². The van der Waals surface area contributed by atoms with E-state index in [1.807, 2.05) is 38.1 Å². The number of aromatic amines is 1. The minimum Gasteiger partial charge on any atom is -0.491 e. The Balaban J connectivity index is 1.68. The van der Waals surface area contributed by atoms with Crippen molar-refractivity contribution in [1.82, 2.24) is 14.9 Å². The van der Waals surface area contributed by atoms with Gasteiger partial charge >= 0.3 is 0 Å². The molecule has 0 amide bonds. The predicted molar refractivity (Wildman–Crippen MR) is 104 cm³/mol. The van der Waals surface area contributed by atoms with Crippen LogP contribution in [0.4, 0.5) is 0 Å². The number of benzene rings is 1. The molecule has 7 nitrogen and oxygen atoms in total. The maximum atomic E-state index is 12.5. The topological polar surface area (TPSA) is 101 Å². The van der Waals surface area contributed by atoms with Crippen molar-refractivity contribution in [2.24, 2.45) is 0 Å². The fourth-order valence-electron chi connectivity index (χ4n) is 2.29. The molecule has 9 heteroatoms. The van der Waals surface area contributed by atoms with Crippen molar-refractivity contribution in [3.8, 4) is 16.3 Å². The Morgan fingerprint density at radius 1 is 1.11 bits per heavy atom. The number of hydrogen-bond donors (Lipinski definition) is 2. The molecule has 0 aliphatic rings. The van der Waals surface area contributed by atoms with Gasteiger partial charge in [-0.25, -0.2) is 18.2 Å². The molecular weight excluding hydrogens is 386 g/mol. The first-order chi connectivity index (χ1) is 12.8. The van der Waals surface area contributed by atoms with Crippen molar-refractivity contribution in [1.29, 1.82) is 0 Å². The first-order valence-corrected chi connectivity index (χ1v) is 10.5. The predicted octanol–water partition coefficient (Wildman–Crippen LogP) is 2.76. The molecule has 0 spiro atoms. The number of rotatable bonds is 7. The maximum absolute atomic E-state index is 12.5. The zero-order valence-electron chi connectivity index (χ0n) is 14.8. The number of aromatic nitrogens is 2. The molecule has 27 heavy (non-hydrogen) atoms. The van der Waals surface area contributed by atoms with Crippen molar-refractivity contribution in [3.63, 3.8) is 0 Å². The zero-order valence-corrected chi connectivity index (χ0v) is 16.4. The third-order valence-electron chi connectivity index (χ3n) is 3.54. The normalized spacial score (nSPS) is 11.7. The number of H-pyrrole nitrogens is 1. The third-order valence-corrected chi connectivity index (χ3v) is 6.54. The van der Waals surface area contributed by atoms with E-state index >= 15 is 0 Å². The SMILES string of the molecule is CC(C)Oc1ccc(CNS(=O)(=O)c2ccc(-c3ccc(=O)[nH]n3)s2)cc1. The number of sulfonamides is 1. The van der Waals surface area contributed by atoms with Crippen LogP contribution in [0.5, 0.6) is 5.75 Å². The zero-order chi connectivity index (χ0) is 19.4. The molecular formula is C18H19N3O4S2. The van der Waals surface area contributed by atoms with Crippen LogP contribution < -0.4 is 15.0 Å². The fraction of sp³-hybridized carbons (Fsp3) is 0.222. The summed E-state index contributed by atoms with van der Waals surface area (Å²) in [5, 5.41) is 6.25. The van der Waals surface area contributed by atoms with Crippen molar-refractivity contribution in [2.75, 3.05) is 0 Å². The van der Waals surface area contributed by atoms with Gasteiger partial charge in [0.25, 0.3) is 5.56 Å². The van der Waals surface area contributed by atoms with Crippen molar-refractivity contribution >= 4 is 21.4 Å². The first-order valence-electron chi connectivity index (χ1n) is 8.25. The molecule has 0 radical (unpaired) electrons. The molecule has 0 saturated carbocycles. The van der Waals surface area contributed by atoms with Gasteiger partial charge in [0.1, 0.15) is 15.7 Å². The molecule has 3 rings (SSSR count). The molecule has 0 saturated heterocycles. The summed E-state index contributed by atoms with van der Waals surface area (Å²) in [5.74, 6) is 0.743. The molecule has 0 aliphatic heterocycles. The highest BCUT2D eigenvalue weighted by Gasteiger charge is 2.17. The van der Waals surface area contributed by atoms with Gasteiger partial charge in [-0.3, -0.25) is 4.79 Å². The van der Waals surface area contributed by atoms with Gasteiger partial charge in [-0.05, 0) is 49.7 Å². The van der Waals surface area contributed by atoms with E-state index in [0.717, 1.165) is 22.6 Å². The van der Waals surface area contributed by atoms with Crippen LogP contribution in [0.2, 0.25) is 0 Å².